The zero-order valence-corrected chi connectivity index (χ0v) is 17.8. The van der Waals surface area contributed by atoms with E-state index >= 15 is 0 Å². The predicted molar refractivity (Wildman–Crippen MR) is 121 cm³/mol. The van der Waals surface area contributed by atoms with E-state index in [1.165, 1.54) is 37.5 Å². The molecule has 1 aliphatic carbocycles. The van der Waals surface area contributed by atoms with Crippen molar-refractivity contribution in [3.8, 4) is 0 Å². The van der Waals surface area contributed by atoms with E-state index in [2.05, 4.69) is 88.5 Å². The lowest BCUT2D eigenvalue weighted by molar-refractivity contribution is 0.592. The van der Waals surface area contributed by atoms with Gasteiger partial charge in [0.25, 0.3) is 0 Å². The molecular formula is C25H29NS. The summed E-state index contributed by atoms with van der Waals surface area (Å²) in [4.78, 5) is 1.50. The molecule has 140 valence electrons. The third kappa shape index (κ3) is 3.32. The van der Waals surface area contributed by atoms with Crippen LogP contribution in [0.4, 0.5) is 11.4 Å². The van der Waals surface area contributed by atoms with E-state index in [1.807, 2.05) is 11.3 Å². The molecule has 0 spiro atoms. The van der Waals surface area contributed by atoms with Crippen molar-refractivity contribution in [2.45, 2.75) is 52.9 Å². The fraction of sp³-hybridized carbons (Fsp3) is 0.360. The van der Waals surface area contributed by atoms with Gasteiger partial charge < -0.3 is 5.32 Å². The van der Waals surface area contributed by atoms with Crippen LogP contribution in [0.3, 0.4) is 0 Å². The molecule has 0 aliphatic heterocycles. The van der Waals surface area contributed by atoms with E-state index in [0.29, 0.717) is 5.92 Å². The van der Waals surface area contributed by atoms with Crippen molar-refractivity contribution >= 4 is 38.4 Å². The zero-order chi connectivity index (χ0) is 19.2. The Kier molecular flexibility index (Phi) is 4.63. The molecule has 1 heterocycles. The van der Waals surface area contributed by atoms with Crippen LogP contribution >= 0.6 is 11.3 Å². The topological polar surface area (TPSA) is 12.0 Å². The van der Waals surface area contributed by atoms with Crippen LogP contribution in [-0.2, 0) is 11.8 Å². The van der Waals surface area contributed by atoms with Gasteiger partial charge in [-0.15, -0.1) is 11.3 Å². The van der Waals surface area contributed by atoms with Crippen molar-refractivity contribution in [1.82, 2.24) is 0 Å². The van der Waals surface area contributed by atoms with Crippen LogP contribution in [0.15, 0.2) is 48.5 Å². The van der Waals surface area contributed by atoms with Crippen molar-refractivity contribution in [3.63, 3.8) is 0 Å². The first-order chi connectivity index (χ1) is 12.9. The first-order valence-corrected chi connectivity index (χ1v) is 10.8. The molecule has 1 aromatic heterocycles. The minimum absolute atomic E-state index is 0.111. The molecule has 0 atom stereocenters. The van der Waals surface area contributed by atoms with Gasteiger partial charge in [0.05, 0.1) is 10.4 Å². The zero-order valence-electron chi connectivity index (χ0n) is 17.0. The van der Waals surface area contributed by atoms with Crippen molar-refractivity contribution in [2.24, 2.45) is 5.92 Å². The Morgan fingerprint density at radius 2 is 1.70 bits per heavy atom. The second-order valence-electron chi connectivity index (χ2n) is 8.87. The van der Waals surface area contributed by atoms with Crippen LogP contribution in [0.1, 0.15) is 57.0 Å². The third-order valence-electron chi connectivity index (χ3n) is 5.47. The Morgan fingerprint density at radius 1 is 0.963 bits per heavy atom. The number of hydrogen-bond acceptors (Lipinski definition) is 2. The van der Waals surface area contributed by atoms with E-state index in [4.69, 9.17) is 0 Å². The molecule has 3 aromatic rings. The van der Waals surface area contributed by atoms with Gasteiger partial charge in [0.2, 0.25) is 0 Å². The highest BCUT2D eigenvalue weighted by Gasteiger charge is 2.22. The van der Waals surface area contributed by atoms with Crippen LogP contribution in [-0.4, -0.2) is 0 Å². The largest absolute Gasteiger partial charge is 0.354 e. The van der Waals surface area contributed by atoms with Gasteiger partial charge in [0.15, 0.2) is 0 Å². The van der Waals surface area contributed by atoms with Gasteiger partial charge in [0, 0.05) is 10.6 Å². The summed E-state index contributed by atoms with van der Waals surface area (Å²) in [5.74, 6) is 0.579. The maximum Gasteiger partial charge on any atom is 0.0587 e. The lowest BCUT2D eigenvalue weighted by atomic mass is 9.86. The summed E-state index contributed by atoms with van der Waals surface area (Å²) < 4.78 is 1.39. The van der Waals surface area contributed by atoms with Crippen molar-refractivity contribution in [1.29, 1.82) is 0 Å². The third-order valence-corrected chi connectivity index (χ3v) is 6.80. The van der Waals surface area contributed by atoms with Crippen LogP contribution in [0.2, 0.25) is 0 Å². The first kappa shape index (κ1) is 18.3. The van der Waals surface area contributed by atoms with Gasteiger partial charge in [-0.3, -0.25) is 0 Å². The number of para-hydroxylation sites is 1. The Labute approximate surface area is 167 Å². The highest BCUT2D eigenvalue weighted by atomic mass is 32.1. The van der Waals surface area contributed by atoms with Gasteiger partial charge in [-0.1, -0.05) is 71.0 Å². The average molecular weight is 376 g/mol. The Hall–Kier alpha value is -2.06. The maximum absolute atomic E-state index is 3.77. The van der Waals surface area contributed by atoms with Crippen LogP contribution in [0.5, 0.6) is 0 Å². The van der Waals surface area contributed by atoms with E-state index in [-0.39, 0.29) is 5.41 Å². The summed E-state index contributed by atoms with van der Waals surface area (Å²) in [5, 5.41) is 5.20. The molecule has 1 aliphatic rings. The van der Waals surface area contributed by atoms with Gasteiger partial charge >= 0.3 is 0 Å². The second kappa shape index (κ2) is 6.83. The van der Waals surface area contributed by atoms with E-state index < -0.39 is 0 Å². The standard InChI is InChI=1S/C25H29NS/c1-16(2)17-10-8-11-18-19-12-9-15-22(24(19)27-23(17)18)26-21-14-7-6-13-20(21)25(3,4)5/h6-7,9-10,12-16,26H,8,11H2,1-5H3. The van der Waals surface area contributed by atoms with E-state index in [1.54, 1.807) is 5.56 Å². The number of hydrogen-bond donors (Lipinski definition) is 1. The predicted octanol–water partition coefficient (Wildman–Crippen LogP) is 7.93. The van der Waals surface area contributed by atoms with Crippen molar-refractivity contribution in [3.05, 3.63) is 64.5 Å². The SMILES string of the molecule is CC(C)C1=CCCc2c1sc1c(Nc3ccccc3C(C)(C)C)cccc21. The van der Waals surface area contributed by atoms with Gasteiger partial charge in [0.1, 0.15) is 0 Å². The van der Waals surface area contributed by atoms with Crippen LogP contribution < -0.4 is 5.32 Å². The molecule has 2 heteroatoms. The Bertz CT molecular complexity index is 1010. The molecule has 0 amide bonds. The molecule has 4 rings (SSSR count). The summed E-state index contributed by atoms with van der Waals surface area (Å²) in [7, 11) is 0. The summed E-state index contributed by atoms with van der Waals surface area (Å²) in [6, 6.07) is 15.4. The highest BCUT2D eigenvalue weighted by molar-refractivity contribution is 7.21. The summed E-state index contributed by atoms with van der Waals surface area (Å²) >= 11 is 1.96. The van der Waals surface area contributed by atoms with Crippen LogP contribution in [0, 0.1) is 5.92 Å². The first-order valence-electron chi connectivity index (χ1n) is 9.97. The number of nitrogens with one attached hydrogen (secondary N) is 1. The fourth-order valence-corrected chi connectivity index (χ4v) is 5.61. The van der Waals surface area contributed by atoms with E-state index in [0.717, 1.165) is 12.8 Å². The normalized spacial score (nSPS) is 14.4. The number of allylic oxidation sites excluding steroid dienone is 2. The van der Waals surface area contributed by atoms with Gasteiger partial charge in [-0.05, 0) is 58.4 Å². The Balaban J connectivity index is 1.83. The molecule has 0 saturated heterocycles. The summed E-state index contributed by atoms with van der Waals surface area (Å²) in [6.45, 7) is 11.4. The van der Waals surface area contributed by atoms with Gasteiger partial charge in [-0.25, -0.2) is 0 Å². The molecule has 0 bridgehead atoms. The molecule has 0 saturated carbocycles. The minimum atomic E-state index is 0.111. The molecule has 2 aromatic carbocycles. The molecule has 1 N–H and O–H groups in total. The van der Waals surface area contributed by atoms with Gasteiger partial charge in [-0.2, -0.15) is 0 Å². The molecule has 27 heavy (non-hydrogen) atoms. The maximum atomic E-state index is 3.77. The Morgan fingerprint density at radius 3 is 2.44 bits per heavy atom. The number of fused-ring (bicyclic) bond motifs is 3. The molecule has 0 unspecified atom stereocenters. The second-order valence-corrected chi connectivity index (χ2v) is 9.89. The number of benzene rings is 2. The van der Waals surface area contributed by atoms with Crippen molar-refractivity contribution in [2.75, 3.05) is 5.32 Å². The monoisotopic (exact) mass is 375 g/mol. The molecule has 0 fully saturated rings. The number of anilines is 2. The minimum Gasteiger partial charge on any atom is -0.354 e. The van der Waals surface area contributed by atoms with Crippen molar-refractivity contribution < 1.29 is 0 Å². The fourth-order valence-electron chi connectivity index (χ4n) is 4.10. The quantitative estimate of drug-likeness (QED) is 0.490. The highest BCUT2D eigenvalue weighted by Crippen LogP contribution is 2.45. The summed E-state index contributed by atoms with van der Waals surface area (Å²) in [6.07, 6.45) is 4.77. The number of aryl methyl sites for hydroxylation is 1. The lowest BCUT2D eigenvalue weighted by Gasteiger charge is -2.23. The summed E-state index contributed by atoms with van der Waals surface area (Å²) in [5.41, 5.74) is 6.98. The smallest absolute Gasteiger partial charge is 0.0587 e. The van der Waals surface area contributed by atoms with Crippen LogP contribution in [0.25, 0.3) is 15.7 Å². The molecule has 1 nitrogen and oxygen atoms in total. The lowest BCUT2D eigenvalue weighted by Crippen LogP contribution is -2.13. The molecule has 0 radical (unpaired) electrons. The molecular weight excluding hydrogens is 346 g/mol. The number of rotatable bonds is 3. The average Bonchev–Trinajstić information content (AvgIpc) is 3.01. The van der Waals surface area contributed by atoms with E-state index in [9.17, 15) is 0 Å². The number of thiophene rings is 1.